The molecule has 0 aromatic heterocycles. The van der Waals surface area contributed by atoms with Crippen molar-refractivity contribution >= 4 is 18.2 Å². The Morgan fingerprint density at radius 2 is 1.29 bits per heavy atom. The molecule has 2 amide bonds. The predicted molar refractivity (Wildman–Crippen MR) is 119 cm³/mol. The van der Waals surface area contributed by atoms with Crippen LogP contribution in [0.3, 0.4) is 0 Å². The van der Waals surface area contributed by atoms with Crippen LogP contribution in [0, 0.1) is 11.8 Å². The summed E-state index contributed by atoms with van der Waals surface area (Å²) in [5.41, 5.74) is -1.86. The van der Waals surface area contributed by atoms with E-state index in [0.717, 1.165) is 19.3 Å². The third-order valence-electron chi connectivity index (χ3n) is 5.56. The second-order valence-electron chi connectivity index (χ2n) is 10.8. The van der Waals surface area contributed by atoms with Crippen LogP contribution in [0.1, 0.15) is 88.0 Å². The van der Waals surface area contributed by atoms with Crippen LogP contribution in [0.15, 0.2) is 0 Å². The van der Waals surface area contributed by atoms with Crippen molar-refractivity contribution in [3.63, 3.8) is 0 Å². The van der Waals surface area contributed by atoms with E-state index in [0.29, 0.717) is 12.3 Å². The van der Waals surface area contributed by atoms with Crippen LogP contribution in [0.4, 0.5) is 9.59 Å². The van der Waals surface area contributed by atoms with Gasteiger partial charge in [-0.2, -0.15) is 0 Å². The average molecular weight is 443 g/mol. The SMILES string of the molecule is CCC1CC1(C)NC(=O)OC(C)(C)C.CCC1CC1(NC(=O)OC(C)(C)C)C(=O)OC. The van der Waals surface area contributed by atoms with E-state index in [1.54, 1.807) is 20.8 Å². The summed E-state index contributed by atoms with van der Waals surface area (Å²) in [5.74, 6) is 0.368. The van der Waals surface area contributed by atoms with E-state index in [1.807, 2.05) is 27.7 Å². The van der Waals surface area contributed by atoms with E-state index in [9.17, 15) is 14.4 Å². The van der Waals surface area contributed by atoms with Crippen molar-refractivity contribution in [2.24, 2.45) is 11.8 Å². The summed E-state index contributed by atoms with van der Waals surface area (Å²) in [6, 6.07) is 0. The first kappa shape index (κ1) is 27.0. The molecule has 0 aromatic rings. The maximum atomic E-state index is 11.7. The molecule has 0 heterocycles. The highest BCUT2D eigenvalue weighted by atomic mass is 16.6. The zero-order valence-electron chi connectivity index (χ0n) is 20.9. The number of nitrogens with one attached hydrogen (secondary N) is 2. The maximum Gasteiger partial charge on any atom is 0.408 e. The minimum absolute atomic E-state index is 0.0168. The highest BCUT2D eigenvalue weighted by molar-refractivity contribution is 5.89. The molecule has 0 bridgehead atoms. The summed E-state index contributed by atoms with van der Waals surface area (Å²) in [5, 5.41) is 5.57. The van der Waals surface area contributed by atoms with Crippen molar-refractivity contribution in [3.8, 4) is 0 Å². The molecule has 8 nitrogen and oxygen atoms in total. The molecular weight excluding hydrogens is 400 g/mol. The Labute approximate surface area is 187 Å². The summed E-state index contributed by atoms with van der Waals surface area (Å²) in [6.07, 6.45) is 2.77. The standard InChI is InChI=1S/C12H21NO4.C11H21NO2/c1-6-8-7-12(8,9(14)16-5)13-10(15)17-11(2,3)4;1-6-8-7-11(8,5)12-9(13)14-10(2,3)4/h8H,6-7H2,1-5H3,(H,13,15);8H,6-7H2,1-5H3,(H,12,13). The number of rotatable bonds is 5. The fourth-order valence-electron chi connectivity index (χ4n) is 3.68. The Kier molecular flexibility index (Phi) is 8.42. The normalized spacial score (nSPS) is 29.0. The minimum atomic E-state index is -0.869. The van der Waals surface area contributed by atoms with E-state index < -0.39 is 28.8 Å². The number of ether oxygens (including phenoxy) is 3. The topological polar surface area (TPSA) is 103 Å². The molecule has 4 unspecified atom stereocenters. The van der Waals surface area contributed by atoms with Crippen LogP contribution in [0.2, 0.25) is 0 Å². The summed E-state index contributed by atoms with van der Waals surface area (Å²) in [7, 11) is 1.33. The van der Waals surface area contributed by atoms with Crippen molar-refractivity contribution in [1.29, 1.82) is 0 Å². The van der Waals surface area contributed by atoms with Gasteiger partial charge in [0.15, 0.2) is 0 Å². The molecule has 0 radical (unpaired) electrons. The first-order valence-corrected chi connectivity index (χ1v) is 11.1. The van der Waals surface area contributed by atoms with E-state index >= 15 is 0 Å². The van der Waals surface area contributed by atoms with Crippen molar-refractivity contribution in [2.75, 3.05) is 7.11 Å². The van der Waals surface area contributed by atoms with E-state index in [4.69, 9.17) is 14.2 Å². The van der Waals surface area contributed by atoms with Crippen LogP contribution in [-0.2, 0) is 19.0 Å². The van der Waals surface area contributed by atoms with Gasteiger partial charge in [-0.25, -0.2) is 14.4 Å². The monoisotopic (exact) mass is 442 g/mol. The first-order chi connectivity index (χ1) is 14.0. The van der Waals surface area contributed by atoms with Crippen molar-refractivity contribution in [3.05, 3.63) is 0 Å². The zero-order valence-corrected chi connectivity index (χ0v) is 20.9. The molecule has 2 fully saturated rings. The summed E-state index contributed by atoms with van der Waals surface area (Å²) >= 11 is 0. The molecule has 4 atom stereocenters. The molecule has 2 aliphatic carbocycles. The quantitative estimate of drug-likeness (QED) is 0.478. The Bertz CT molecular complexity index is 666. The van der Waals surface area contributed by atoms with E-state index in [2.05, 4.69) is 24.5 Å². The fraction of sp³-hybridized carbons (Fsp3) is 0.870. The lowest BCUT2D eigenvalue weighted by Gasteiger charge is -2.23. The van der Waals surface area contributed by atoms with Gasteiger partial charge >= 0.3 is 18.2 Å². The second-order valence-corrected chi connectivity index (χ2v) is 10.8. The zero-order chi connectivity index (χ0) is 24.3. The number of amides is 2. The van der Waals surface area contributed by atoms with Gasteiger partial charge in [0, 0.05) is 5.54 Å². The number of hydrogen-bond acceptors (Lipinski definition) is 6. The highest BCUT2D eigenvalue weighted by Gasteiger charge is 2.61. The highest BCUT2D eigenvalue weighted by Crippen LogP contribution is 2.47. The Balaban J connectivity index is 0.000000316. The summed E-state index contributed by atoms with van der Waals surface area (Å²) in [6.45, 7) is 17.2. The Morgan fingerprint density at radius 1 is 0.839 bits per heavy atom. The molecule has 180 valence electrons. The van der Waals surface area contributed by atoms with Gasteiger partial charge in [-0.3, -0.25) is 0 Å². The molecule has 2 aliphatic rings. The largest absolute Gasteiger partial charge is 0.467 e. The minimum Gasteiger partial charge on any atom is -0.467 e. The molecule has 2 saturated carbocycles. The molecule has 2 rings (SSSR count). The van der Waals surface area contributed by atoms with Crippen molar-refractivity contribution < 1.29 is 28.6 Å². The van der Waals surface area contributed by atoms with Gasteiger partial charge in [0.25, 0.3) is 0 Å². The smallest absolute Gasteiger partial charge is 0.408 e. The fourth-order valence-corrected chi connectivity index (χ4v) is 3.68. The summed E-state index contributed by atoms with van der Waals surface area (Å²) in [4.78, 5) is 34.8. The van der Waals surface area contributed by atoms with Crippen molar-refractivity contribution in [1.82, 2.24) is 10.6 Å². The van der Waals surface area contributed by atoms with Crippen LogP contribution < -0.4 is 10.6 Å². The number of hydrogen-bond donors (Lipinski definition) is 2. The van der Waals surface area contributed by atoms with Crippen LogP contribution in [0.5, 0.6) is 0 Å². The molecule has 0 saturated heterocycles. The second kappa shape index (κ2) is 9.65. The van der Waals surface area contributed by atoms with Gasteiger partial charge in [0.05, 0.1) is 7.11 Å². The van der Waals surface area contributed by atoms with Gasteiger partial charge < -0.3 is 24.8 Å². The molecule has 31 heavy (non-hydrogen) atoms. The van der Waals surface area contributed by atoms with E-state index in [1.165, 1.54) is 7.11 Å². The van der Waals surface area contributed by atoms with Gasteiger partial charge in [-0.1, -0.05) is 26.7 Å². The van der Waals surface area contributed by atoms with Crippen LogP contribution in [0.25, 0.3) is 0 Å². The Hall–Kier alpha value is -1.99. The number of carbonyl (C=O) groups excluding carboxylic acids is 3. The molecule has 0 aliphatic heterocycles. The lowest BCUT2D eigenvalue weighted by molar-refractivity contribution is -0.144. The van der Waals surface area contributed by atoms with Crippen LogP contribution >= 0.6 is 0 Å². The van der Waals surface area contributed by atoms with Gasteiger partial charge in [-0.05, 0) is 73.1 Å². The number of methoxy groups -OCH3 is 1. The Morgan fingerprint density at radius 3 is 1.61 bits per heavy atom. The van der Waals surface area contributed by atoms with Gasteiger partial charge in [-0.15, -0.1) is 0 Å². The van der Waals surface area contributed by atoms with Gasteiger partial charge in [0.1, 0.15) is 16.7 Å². The third kappa shape index (κ3) is 8.22. The summed E-state index contributed by atoms with van der Waals surface area (Å²) < 4.78 is 15.1. The maximum absolute atomic E-state index is 11.7. The molecule has 8 heteroatoms. The van der Waals surface area contributed by atoms with Crippen LogP contribution in [-0.4, -0.2) is 47.5 Å². The molecular formula is C23H42N2O6. The van der Waals surface area contributed by atoms with E-state index in [-0.39, 0.29) is 17.6 Å². The predicted octanol–water partition coefficient (Wildman–Crippen LogP) is 4.55. The lowest BCUT2D eigenvalue weighted by atomic mass is 10.1. The third-order valence-corrected chi connectivity index (χ3v) is 5.56. The van der Waals surface area contributed by atoms with Crippen molar-refractivity contribution in [2.45, 2.75) is 110 Å². The lowest BCUT2D eigenvalue weighted by Crippen LogP contribution is -2.47. The molecule has 0 spiro atoms. The van der Waals surface area contributed by atoms with Gasteiger partial charge in [0.2, 0.25) is 0 Å². The number of alkyl carbamates (subject to hydrolysis) is 2. The average Bonchev–Trinajstić information content (AvgIpc) is 3.46. The number of esters is 1. The molecule has 2 N–H and O–H groups in total. The first-order valence-electron chi connectivity index (χ1n) is 11.1. The number of carbonyl (C=O) groups is 3. The molecule has 0 aromatic carbocycles.